The molecule has 0 aliphatic carbocycles. The van der Waals surface area contributed by atoms with Gasteiger partial charge in [-0.25, -0.2) is 0 Å². The predicted octanol–water partition coefficient (Wildman–Crippen LogP) is 4.26. The highest BCUT2D eigenvalue weighted by molar-refractivity contribution is 9.09. The molecule has 0 aliphatic rings. The average Bonchev–Trinajstić information content (AvgIpc) is 2.30. The Morgan fingerprint density at radius 2 is 2.12 bits per heavy atom. The van der Waals surface area contributed by atoms with Crippen molar-refractivity contribution in [1.29, 1.82) is 0 Å². The fourth-order valence-corrected chi connectivity index (χ4v) is 2.15. The highest BCUT2D eigenvalue weighted by Gasteiger charge is 2.17. The third-order valence-electron chi connectivity index (χ3n) is 3.16. The monoisotopic (exact) mass is 299 g/mol. The number of nitro groups is 1. The molecule has 0 fully saturated rings. The Kier molecular flexibility index (Phi) is 5.12. The molecule has 0 heterocycles. The van der Waals surface area contributed by atoms with Crippen LogP contribution in [0.2, 0.25) is 0 Å². The van der Waals surface area contributed by atoms with Gasteiger partial charge in [-0.1, -0.05) is 41.9 Å². The van der Waals surface area contributed by atoms with Gasteiger partial charge in [0.05, 0.1) is 4.92 Å². The van der Waals surface area contributed by atoms with Crippen LogP contribution >= 0.6 is 15.9 Å². The zero-order valence-corrected chi connectivity index (χ0v) is 12.0. The van der Waals surface area contributed by atoms with Gasteiger partial charge in [-0.2, -0.15) is 0 Å². The third kappa shape index (κ3) is 3.53. The van der Waals surface area contributed by atoms with Crippen LogP contribution in [0.1, 0.15) is 31.4 Å². The van der Waals surface area contributed by atoms with Crippen molar-refractivity contribution >= 4 is 21.6 Å². The van der Waals surface area contributed by atoms with Crippen molar-refractivity contribution in [2.75, 3.05) is 0 Å². The van der Waals surface area contributed by atoms with Crippen LogP contribution in [0.5, 0.6) is 0 Å². The zero-order valence-electron chi connectivity index (χ0n) is 10.4. The van der Waals surface area contributed by atoms with Crippen LogP contribution in [0.3, 0.4) is 0 Å². The number of hydrogen-bond acceptors (Lipinski definition) is 2. The molecule has 0 bridgehead atoms. The van der Waals surface area contributed by atoms with Crippen molar-refractivity contribution in [2.24, 2.45) is 5.92 Å². The summed E-state index contributed by atoms with van der Waals surface area (Å²) in [6.45, 7) is 6.13. The number of benzene rings is 1. The van der Waals surface area contributed by atoms with Crippen molar-refractivity contribution in [3.05, 3.63) is 39.4 Å². The first-order valence-corrected chi connectivity index (χ1v) is 6.75. The minimum atomic E-state index is -0.311. The van der Waals surface area contributed by atoms with Crippen LogP contribution in [0.25, 0.3) is 0 Å². The largest absolute Gasteiger partial charge is 0.272 e. The fraction of sp³-hybridized carbons (Fsp3) is 0.538. The van der Waals surface area contributed by atoms with Crippen LogP contribution in [0.4, 0.5) is 5.69 Å². The van der Waals surface area contributed by atoms with Crippen molar-refractivity contribution < 1.29 is 4.92 Å². The van der Waals surface area contributed by atoms with E-state index in [0.29, 0.717) is 10.7 Å². The Bertz CT molecular complexity index is 406. The maximum Gasteiger partial charge on any atom is 0.272 e. The van der Waals surface area contributed by atoms with E-state index >= 15 is 0 Å². The molecule has 0 amide bonds. The van der Waals surface area contributed by atoms with Crippen LogP contribution in [0.15, 0.2) is 18.2 Å². The van der Waals surface area contributed by atoms with Gasteiger partial charge >= 0.3 is 0 Å². The Balaban J connectivity index is 2.92. The lowest BCUT2D eigenvalue weighted by Gasteiger charge is -2.17. The lowest BCUT2D eigenvalue weighted by Crippen LogP contribution is -2.13. The molecule has 3 nitrogen and oxygen atoms in total. The Hall–Kier alpha value is -0.900. The minimum absolute atomic E-state index is 0.220. The molecule has 0 aromatic heterocycles. The van der Waals surface area contributed by atoms with E-state index in [2.05, 4.69) is 29.8 Å². The lowest BCUT2D eigenvalue weighted by atomic mass is 9.93. The van der Waals surface area contributed by atoms with E-state index in [1.54, 1.807) is 12.1 Å². The maximum atomic E-state index is 10.8. The second-order valence-electron chi connectivity index (χ2n) is 4.42. The molecule has 2 unspecified atom stereocenters. The first-order chi connectivity index (χ1) is 7.97. The highest BCUT2D eigenvalue weighted by Crippen LogP contribution is 2.26. The number of nitrogens with zero attached hydrogens (tertiary/aromatic N) is 1. The minimum Gasteiger partial charge on any atom is -0.258 e. The van der Waals surface area contributed by atoms with Crippen molar-refractivity contribution in [2.45, 2.75) is 38.4 Å². The quantitative estimate of drug-likeness (QED) is 0.463. The molecule has 0 radical (unpaired) electrons. The van der Waals surface area contributed by atoms with E-state index in [4.69, 9.17) is 0 Å². The smallest absolute Gasteiger partial charge is 0.258 e. The van der Waals surface area contributed by atoms with Crippen molar-refractivity contribution in [3.8, 4) is 0 Å². The molecule has 0 N–H and O–H groups in total. The standard InChI is InChI=1S/C13H18BrNO2/c1-4-12(14)9(2)8-11-6-5-7-13(10(11)3)15(16)17/h5-7,9,12H,4,8H2,1-3H3. The van der Waals surface area contributed by atoms with Gasteiger partial charge in [0.2, 0.25) is 0 Å². The maximum absolute atomic E-state index is 10.8. The summed E-state index contributed by atoms with van der Waals surface area (Å²) in [5, 5.41) is 10.8. The predicted molar refractivity (Wildman–Crippen MR) is 73.7 cm³/mol. The van der Waals surface area contributed by atoms with E-state index in [9.17, 15) is 10.1 Å². The van der Waals surface area contributed by atoms with Gasteiger partial charge in [-0.3, -0.25) is 10.1 Å². The van der Waals surface area contributed by atoms with Gasteiger partial charge in [0, 0.05) is 16.5 Å². The molecule has 17 heavy (non-hydrogen) atoms. The first-order valence-electron chi connectivity index (χ1n) is 5.84. The Morgan fingerprint density at radius 3 is 2.65 bits per heavy atom. The fourth-order valence-electron chi connectivity index (χ4n) is 1.97. The molecule has 4 heteroatoms. The van der Waals surface area contributed by atoms with Crippen molar-refractivity contribution in [3.63, 3.8) is 0 Å². The van der Waals surface area contributed by atoms with E-state index < -0.39 is 0 Å². The molecule has 0 spiro atoms. The normalized spacial score (nSPS) is 14.4. The number of halogens is 1. The molecular weight excluding hydrogens is 282 g/mol. The van der Waals surface area contributed by atoms with Crippen LogP contribution in [0, 0.1) is 23.0 Å². The summed E-state index contributed by atoms with van der Waals surface area (Å²) in [5.41, 5.74) is 2.09. The Morgan fingerprint density at radius 1 is 1.47 bits per heavy atom. The molecule has 0 aliphatic heterocycles. The lowest BCUT2D eigenvalue weighted by molar-refractivity contribution is -0.385. The van der Waals surface area contributed by atoms with Gasteiger partial charge in [-0.05, 0) is 31.2 Å². The van der Waals surface area contributed by atoms with Gasteiger partial charge in [0.15, 0.2) is 0 Å². The van der Waals surface area contributed by atoms with Crippen LogP contribution < -0.4 is 0 Å². The second-order valence-corrected chi connectivity index (χ2v) is 5.60. The summed E-state index contributed by atoms with van der Waals surface area (Å²) < 4.78 is 0. The van der Waals surface area contributed by atoms with Gasteiger partial charge in [0.25, 0.3) is 5.69 Å². The molecule has 2 atom stereocenters. The van der Waals surface area contributed by atoms with Crippen LogP contribution in [-0.4, -0.2) is 9.75 Å². The van der Waals surface area contributed by atoms with Gasteiger partial charge in [-0.15, -0.1) is 0 Å². The van der Waals surface area contributed by atoms with Gasteiger partial charge < -0.3 is 0 Å². The molecule has 1 aromatic rings. The highest BCUT2D eigenvalue weighted by atomic mass is 79.9. The van der Waals surface area contributed by atoms with Crippen molar-refractivity contribution in [1.82, 2.24) is 0 Å². The number of alkyl halides is 1. The summed E-state index contributed by atoms with van der Waals surface area (Å²) in [4.78, 5) is 11.0. The van der Waals surface area contributed by atoms with E-state index in [1.807, 2.05) is 13.0 Å². The molecule has 1 aromatic carbocycles. The molecule has 1 rings (SSSR count). The SMILES string of the molecule is CCC(Br)C(C)Cc1cccc([N+](=O)[O-])c1C. The number of rotatable bonds is 5. The summed E-state index contributed by atoms with van der Waals surface area (Å²) in [6.07, 6.45) is 1.94. The van der Waals surface area contributed by atoms with E-state index in [1.165, 1.54) is 0 Å². The zero-order chi connectivity index (χ0) is 13.0. The second kappa shape index (κ2) is 6.15. The van der Waals surface area contributed by atoms with Crippen LogP contribution in [-0.2, 0) is 6.42 Å². The number of nitro benzene ring substituents is 1. The third-order valence-corrected chi connectivity index (χ3v) is 4.71. The summed E-state index contributed by atoms with van der Waals surface area (Å²) >= 11 is 3.64. The topological polar surface area (TPSA) is 43.1 Å². The number of hydrogen-bond donors (Lipinski definition) is 0. The molecule has 0 saturated heterocycles. The molecule has 94 valence electrons. The molecular formula is C13H18BrNO2. The summed E-state index contributed by atoms with van der Waals surface area (Å²) in [5.74, 6) is 0.473. The Labute approximate surface area is 111 Å². The summed E-state index contributed by atoms with van der Waals surface area (Å²) in [6, 6.07) is 5.31. The van der Waals surface area contributed by atoms with E-state index in [0.717, 1.165) is 24.0 Å². The first kappa shape index (κ1) is 14.2. The molecule has 0 saturated carbocycles. The summed E-state index contributed by atoms with van der Waals surface area (Å²) in [7, 11) is 0. The van der Waals surface area contributed by atoms with Gasteiger partial charge in [0.1, 0.15) is 0 Å². The average molecular weight is 300 g/mol. The van der Waals surface area contributed by atoms with E-state index in [-0.39, 0.29) is 10.6 Å².